The molecule has 0 saturated carbocycles. The van der Waals surface area contributed by atoms with Gasteiger partial charge in [-0.25, -0.2) is 0 Å². The molecular weight excluding hydrogens is 248 g/mol. The first-order valence-corrected chi connectivity index (χ1v) is 5.17. The summed E-state index contributed by atoms with van der Waals surface area (Å²) in [4.78, 5) is 11.3. The number of rotatable bonds is 1. The molecule has 0 radical (unpaired) electrons. The number of thiocarbonyl (C=S) groups is 1. The first-order chi connectivity index (χ1) is 7.56. The lowest BCUT2D eigenvalue weighted by Gasteiger charge is -2.00. The van der Waals surface area contributed by atoms with Crippen LogP contribution in [0.5, 0.6) is 5.75 Å². The van der Waals surface area contributed by atoms with Gasteiger partial charge in [0.25, 0.3) is 5.91 Å². The molecule has 2 rings (SSSR count). The predicted octanol–water partition coefficient (Wildman–Crippen LogP) is 1.39. The number of carbonyl (C=O) groups excluding carboxylic acids is 1. The highest BCUT2D eigenvalue weighted by Crippen LogP contribution is 2.23. The minimum Gasteiger partial charge on any atom is -0.507 e. The van der Waals surface area contributed by atoms with Crippen molar-refractivity contribution in [2.45, 2.75) is 0 Å². The molecule has 6 heteroatoms. The van der Waals surface area contributed by atoms with Gasteiger partial charge in [-0.15, -0.1) is 0 Å². The van der Waals surface area contributed by atoms with Gasteiger partial charge in [-0.05, 0) is 36.5 Å². The molecule has 0 unspecified atom stereocenters. The van der Waals surface area contributed by atoms with Crippen molar-refractivity contribution in [3.63, 3.8) is 0 Å². The number of phenols is 1. The van der Waals surface area contributed by atoms with Gasteiger partial charge in [-0.1, -0.05) is 11.6 Å². The highest BCUT2D eigenvalue weighted by molar-refractivity contribution is 7.80. The van der Waals surface area contributed by atoms with Crippen LogP contribution >= 0.6 is 23.8 Å². The van der Waals surface area contributed by atoms with Crippen molar-refractivity contribution in [2.75, 3.05) is 0 Å². The second-order valence-electron chi connectivity index (χ2n) is 3.17. The zero-order chi connectivity index (χ0) is 11.7. The first-order valence-electron chi connectivity index (χ1n) is 4.39. The second-order valence-corrected chi connectivity index (χ2v) is 4.01. The molecule has 1 aromatic rings. The van der Waals surface area contributed by atoms with Crippen LogP contribution < -0.4 is 10.6 Å². The standard InChI is InChI=1S/C10H7ClN2O2S/c11-6-1-2-8(14)5(3-6)4-7-9(15)13-10(16)12-7/h1-4,14H,(H2,12,13,15,16)/b7-4+. The maximum absolute atomic E-state index is 11.3. The summed E-state index contributed by atoms with van der Waals surface area (Å²) < 4.78 is 0. The van der Waals surface area contributed by atoms with E-state index < -0.39 is 0 Å². The van der Waals surface area contributed by atoms with E-state index >= 15 is 0 Å². The van der Waals surface area contributed by atoms with Crippen molar-refractivity contribution in [1.29, 1.82) is 0 Å². The van der Waals surface area contributed by atoms with E-state index in [0.29, 0.717) is 10.6 Å². The molecule has 1 amide bonds. The molecule has 1 aliphatic rings. The van der Waals surface area contributed by atoms with E-state index in [9.17, 15) is 9.90 Å². The van der Waals surface area contributed by atoms with Crippen LogP contribution in [0.15, 0.2) is 23.9 Å². The van der Waals surface area contributed by atoms with E-state index in [-0.39, 0.29) is 22.5 Å². The number of carbonyl (C=O) groups is 1. The number of hydrogen-bond donors (Lipinski definition) is 3. The Morgan fingerprint density at radius 3 is 2.75 bits per heavy atom. The normalized spacial score (nSPS) is 17.4. The van der Waals surface area contributed by atoms with Crippen LogP contribution in [0.1, 0.15) is 5.56 Å². The van der Waals surface area contributed by atoms with Crippen molar-refractivity contribution in [3.8, 4) is 5.75 Å². The molecule has 0 spiro atoms. The van der Waals surface area contributed by atoms with Gasteiger partial charge >= 0.3 is 0 Å². The van der Waals surface area contributed by atoms with E-state index in [1.807, 2.05) is 0 Å². The molecule has 16 heavy (non-hydrogen) atoms. The topological polar surface area (TPSA) is 61.4 Å². The van der Waals surface area contributed by atoms with Crippen molar-refractivity contribution in [3.05, 3.63) is 34.5 Å². The molecule has 82 valence electrons. The molecule has 1 fully saturated rings. The van der Waals surface area contributed by atoms with Crippen molar-refractivity contribution in [1.82, 2.24) is 10.6 Å². The van der Waals surface area contributed by atoms with Gasteiger partial charge in [0, 0.05) is 10.6 Å². The molecule has 1 saturated heterocycles. The zero-order valence-electron chi connectivity index (χ0n) is 7.95. The highest BCUT2D eigenvalue weighted by atomic mass is 35.5. The summed E-state index contributed by atoms with van der Waals surface area (Å²) in [5.41, 5.74) is 0.734. The van der Waals surface area contributed by atoms with Crippen LogP contribution in [0.2, 0.25) is 5.02 Å². The number of hydrogen-bond acceptors (Lipinski definition) is 3. The lowest BCUT2D eigenvalue weighted by atomic mass is 10.1. The van der Waals surface area contributed by atoms with E-state index in [1.165, 1.54) is 12.1 Å². The summed E-state index contributed by atoms with van der Waals surface area (Å²) in [5.74, 6) is -0.284. The minimum absolute atomic E-state index is 0.0457. The van der Waals surface area contributed by atoms with Gasteiger partial charge in [-0.3, -0.25) is 10.1 Å². The molecular formula is C10H7ClN2O2S. The van der Waals surface area contributed by atoms with E-state index in [0.717, 1.165) is 0 Å². The van der Waals surface area contributed by atoms with Crippen LogP contribution in [0, 0.1) is 0 Å². The van der Waals surface area contributed by atoms with Gasteiger partial charge in [-0.2, -0.15) is 0 Å². The fourth-order valence-electron chi connectivity index (χ4n) is 1.28. The number of nitrogens with one attached hydrogen (secondary N) is 2. The number of phenolic OH excluding ortho intramolecular Hbond substituents is 1. The van der Waals surface area contributed by atoms with E-state index in [2.05, 4.69) is 10.6 Å². The largest absolute Gasteiger partial charge is 0.507 e. The van der Waals surface area contributed by atoms with Gasteiger partial charge < -0.3 is 10.4 Å². The third-order valence-electron chi connectivity index (χ3n) is 2.01. The zero-order valence-corrected chi connectivity index (χ0v) is 9.52. The Morgan fingerprint density at radius 2 is 2.12 bits per heavy atom. The average molecular weight is 255 g/mol. The predicted molar refractivity (Wildman–Crippen MR) is 65.0 cm³/mol. The fourth-order valence-corrected chi connectivity index (χ4v) is 1.66. The maximum Gasteiger partial charge on any atom is 0.273 e. The summed E-state index contributed by atoms with van der Waals surface area (Å²) in [6, 6.07) is 4.58. The monoisotopic (exact) mass is 254 g/mol. The maximum atomic E-state index is 11.3. The van der Waals surface area contributed by atoms with E-state index in [4.69, 9.17) is 23.8 Å². The Kier molecular flexibility index (Phi) is 2.80. The van der Waals surface area contributed by atoms with Crippen molar-refractivity contribution < 1.29 is 9.90 Å². The molecule has 1 heterocycles. The van der Waals surface area contributed by atoms with Gasteiger partial charge in [0.2, 0.25) is 0 Å². The Morgan fingerprint density at radius 1 is 1.38 bits per heavy atom. The minimum atomic E-state index is -0.329. The number of aromatic hydroxyl groups is 1. The van der Waals surface area contributed by atoms with Crippen LogP contribution in [-0.2, 0) is 4.79 Å². The number of benzene rings is 1. The molecule has 3 N–H and O–H groups in total. The van der Waals surface area contributed by atoms with Crippen LogP contribution in [0.25, 0.3) is 6.08 Å². The third-order valence-corrected chi connectivity index (χ3v) is 2.45. The Labute approximate surface area is 102 Å². The summed E-state index contributed by atoms with van der Waals surface area (Å²) in [6.07, 6.45) is 1.48. The number of halogens is 1. The van der Waals surface area contributed by atoms with Crippen LogP contribution in [-0.4, -0.2) is 16.1 Å². The Hall–Kier alpha value is -1.59. The SMILES string of the molecule is O=C1NC(=S)N/C1=C/c1cc(Cl)ccc1O. The third kappa shape index (κ3) is 2.15. The summed E-state index contributed by atoms with van der Waals surface area (Å²) in [5, 5.41) is 15.4. The highest BCUT2D eigenvalue weighted by Gasteiger charge is 2.20. The molecule has 0 aromatic heterocycles. The van der Waals surface area contributed by atoms with Gasteiger partial charge in [0.1, 0.15) is 11.4 Å². The summed E-state index contributed by atoms with van der Waals surface area (Å²) >= 11 is 10.6. The van der Waals surface area contributed by atoms with Crippen molar-refractivity contribution >= 4 is 40.9 Å². The first kappa shape index (κ1) is 10.9. The van der Waals surface area contributed by atoms with Crippen LogP contribution in [0.4, 0.5) is 0 Å². The Bertz CT molecular complexity index is 514. The van der Waals surface area contributed by atoms with Crippen LogP contribution in [0.3, 0.4) is 0 Å². The molecule has 0 aliphatic carbocycles. The molecule has 1 aromatic carbocycles. The molecule has 0 atom stereocenters. The fraction of sp³-hybridized carbons (Fsp3) is 0. The lowest BCUT2D eigenvalue weighted by Crippen LogP contribution is -2.21. The van der Waals surface area contributed by atoms with E-state index in [1.54, 1.807) is 12.1 Å². The molecule has 1 aliphatic heterocycles. The van der Waals surface area contributed by atoms with Gasteiger partial charge in [0.15, 0.2) is 5.11 Å². The summed E-state index contributed by atoms with van der Waals surface area (Å²) in [6.45, 7) is 0. The lowest BCUT2D eigenvalue weighted by molar-refractivity contribution is -0.115. The van der Waals surface area contributed by atoms with Crippen molar-refractivity contribution in [2.24, 2.45) is 0 Å². The summed E-state index contributed by atoms with van der Waals surface area (Å²) in [7, 11) is 0. The number of amides is 1. The smallest absolute Gasteiger partial charge is 0.273 e. The second kappa shape index (κ2) is 4.11. The average Bonchev–Trinajstić information content (AvgIpc) is 2.51. The Balaban J connectivity index is 2.39. The van der Waals surface area contributed by atoms with Gasteiger partial charge in [0.05, 0.1) is 0 Å². The molecule has 4 nitrogen and oxygen atoms in total. The quantitative estimate of drug-likeness (QED) is 0.524. The molecule has 0 bridgehead atoms.